The van der Waals surface area contributed by atoms with Crippen molar-refractivity contribution in [2.45, 2.75) is 6.18 Å². The summed E-state index contributed by atoms with van der Waals surface area (Å²) in [6, 6.07) is 8.39. The molecule has 0 radical (unpaired) electrons. The number of methoxy groups -OCH3 is 2. The Kier molecular flexibility index (Phi) is 6.27. The molecule has 0 atom stereocenters. The minimum absolute atomic E-state index is 0.305. The maximum Gasteiger partial charge on any atom is 0.416 e. The number of hydrogen-bond donors (Lipinski definition) is 1. The van der Waals surface area contributed by atoms with E-state index in [1.165, 1.54) is 32.4 Å². The van der Waals surface area contributed by atoms with Crippen molar-refractivity contribution in [1.82, 2.24) is 0 Å². The number of rotatable bonds is 6. The van der Waals surface area contributed by atoms with E-state index in [1.807, 2.05) is 0 Å². The van der Waals surface area contributed by atoms with Gasteiger partial charge in [-0.05, 0) is 18.2 Å². The van der Waals surface area contributed by atoms with E-state index < -0.39 is 30.2 Å². The fraction of sp³-hybridized carbons (Fsp3) is 0.222. The molecule has 1 N–H and O–H groups in total. The molecule has 0 spiro atoms. The molecule has 0 aliphatic heterocycles. The summed E-state index contributed by atoms with van der Waals surface area (Å²) in [5.41, 5.74) is -0.947. The molecule has 0 saturated heterocycles. The highest BCUT2D eigenvalue weighted by molar-refractivity contribution is 5.95. The van der Waals surface area contributed by atoms with E-state index in [4.69, 9.17) is 14.2 Å². The zero-order chi connectivity index (χ0) is 20.0. The monoisotopic (exact) mass is 383 g/mol. The quantitative estimate of drug-likeness (QED) is 0.773. The van der Waals surface area contributed by atoms with Crippen LogP contribution in [-0.4, -0.2) is 32.7 Å². The number of alkyl halides is 3. The molecule has 0 heterocycles. The molecule has 1 amide bonds. The van der Waals surface area contributed by atoms with Crippen molar-refractivity contribution in [3.8, 4) is 11.5 Å². The standard InChI is InChI=1S/C18H16F3NO5/c1-25-14-7-13(8-15(9-14)26-2)22-16(23)10-27-17(24)11-4-3-5-12(6-11)18(19,20)21/h3-9H,10H2,1-2H3,(H,22,23). The Morgan fingerprint density at radius 2 is 1.63 bits per heavy atom. The van der Waals surface area contributed by atoms with E-state index in [-0.39, 0.29) is 5.56 Å². The molecule has 0 aliphatic carbocycles. The molecular weight excluding hydrogens is 367 g/mol. The van der Waals surface area contributed by atoms with E-state index in [9.17, 15) is 22.8 Å². The van der Waals surface area contributed by atoms with Crippen LogP contribution in [0.15, 0.2) is 42.5 Å². The normalized spacial score (nSPS) is 10.9. The first-order valence-corrected chi connectivity index (χ1v) is 7.60. The van der Waals surface area contributed by atoms with Gasteiger partial charge in [0.25, 0.3) is 5.91 Å². The van der Waals surface area contributed by atoms with Crippen LogP contribution in [0.25, 0.3) is 0 Å². The van der Waals surface area contributed by atoms with Crippen LogP contribution < -0.4 is 14.8 Å². The minimum Gasteiger partial charge on any atom is -0.497 e. The smallest absolute Gasteiger partial charge is 0.416 e. The van der Waals surface area contributed by atoms with Crippen LogP contribution in [0.5, 0.6) is 11.5 Å². The number of carbonyl (C=O) groups excluding carboxylic acids is 2. The number of halogens is 3. The van der Waals surface area contributed by atoms with Gasteiger partial charge in [0.05, 0.1) is 25.3 Å². The van der Waals surface area contributed by atoms with Crippen LogP contribution >= 0.6 is 0 Å². The molecule has 0 saturated carbocycles. The van der Waals surface area contributed by atoms with Gasteiger partial charge < -0.3 is 19.5 Å². The first-order chi connectivity index (χ1) is 12.7. The molecule has 0 bridgehead atoms. The van der Waals surface area contributed by atoms with Crippen LogP contribution in [0, 0.1) is 0 Å². The van der Waals surface area contributed by atoms with Gasteiger partial charge in [0, 0.05) is 23.9 Å². The third-order valence-corrected chi connectivity index (χ3v) is 3.40. The Labute approximate surface area is 152 Å². The van der Waals surface area contributed by atoms with Crippen LogP contribution in [0.2, 0.25) is 0 Å². The number of hydrogen-bond acceptors (Lipinski definition) is 5. The van der Waals surface area contributed by atoms with Gasteiger partial charge in [-0.3, -0.25) is 4.79 Å². The minimum atomic E-state index is -4.58. The van der Waals surface area contributed by atoms with E-state index >= 15 is 0 Å². The molecule has 2 rings (SSSR count). The summed E-state index contributed by atoms with van der Waals surface area (Å²) in [6.45, 7) is -0.672. The summed E-state index contributed by atoms with van der Waals surface area (Å²) in [7, 11) is 2.88. The Morgan fingerprint density at radius 1 is 1.00 bits per heavy atom. The molecule has 0 fully saturated rings. The van der Waals surface area contributed by atoms with Crippen LogP contribution in [0.4, 0.5) is 18.9 Å². The zero-order valence-electron chi connectivity index (χ0n) is 14.4. The van der Waals surface area contributed by atoms with Crippen molar-refractivity contribution in [2.24, 2.45) is 0 Å². The summed E-state index contributed by atoms with van der Waals surface area (Å²) < 4.78 is 52.9. The fourth-order valence-electron chi connectivity index (χ4n) is 2.11. The Bertz CT molecular complexity index is 814. The number of nitrogens with one attached hydrogen (secondary N) is 1. The second kappa shape index (κ2) is 8.43. The van der Waals surface area contributed by atoms with Crippen LogP contribution in [0.3, 0.4) is 0 Å². The predicted octanol–water partition coefficient (Wildman–Crippen LogP) is 3.52. The molecule has 0 aliphatic rings. The molecule has 27 heavy (non-hydrogen) atoms. The molecule has 0 unspecified atom stereocenters. The van der Waals surface area contributed by atoms with Gasteiger partial charge in [-0.25, -0.2) is 4.79 Å². The average molecular weight is 383 g/mol. The molecule has 9 heteroatoms. The summed E-state index contributed by atoms with van der Waals surface area (Å²) >= 11 is 0. The van der Waals surface area contributed by atoms with Gasteiger partial charge in [0.2, 0.25) is 0 Å². The van der Waals surface area contributed by atoms with E-state index in [0.29, 0.717) is 23.3 Å². The van der Waals surface area contributed by atoms with Gasteiger partial charge in [-0.15, -0.1) is 0 Å². The van der Waals surface area contributed by atoms with Gasteiger partial charge in [0.15, 0.2) is 6.61 Å². The number of amides is 1. The van der Waals surface area contributed by atoms with Gasteiger partial charge in [-0.2, -0.15) is 13.2 Å². The maximum atomic E-state index is 12.7. The lowest BCUT2D eigenvalue weighted by Gasteiger charge is -2.11. The van der Waals surface area contributed by atoms with Gasteiger partial charge in [-0.1, -0.05) is 6.07 Å². The Hall–Kier alpha value is -3.23. The number of benzene rings is 2. The molecule has 6 nitrogen and oxygen atoms in total. The number of esters is 1. The first-order valence-electron chi connectivity index (χ1n) is 7.60. The molecule has 2 aromatic carbocycles. The number of carbonyl (C=O) groups is 2. The van der Waals surface area contributed by atoms with Crippen molar-refractivity contribution in [2.75, 3.05) is 26.1 Å². The fourth-order valence-corrected chi connectivity index (χ4v) is 2.11. The topological polar surface area (TPSA) is 73.9 Å². The summed E-state index contributed by atoms with van der Waals surface area (Å²) in [5.74, 6) is -0.846. The summed E-state index contributed by atoms with van der Waals surface area (Å²) in [5, 5.41) is 2.48. The predicted molar refractivity (Wildman–Crippen MR) is 89.9 cm³/mol. The van der Waals surface area contributed by atoms with Gasteiger partial charge in [0.1, 0.15) is 11.5 Å². The lowest BCUT2D eigenvalue weighted by Crippen LogP contribution is -2.21. The highest BCUT2D eigenvalue weighted by Gasteiger charge is 2.31. The third kappa shape index (κ3) is 5.63. The molecule has 2 aromatic rings. The zero-order valence-corrected chi connectivity index (χ0v) is 14.4. The average Bonchev–Trinajstić information content (AvgIpc) is 2.65. The van der Waals surface area contributed by atoms with Crippen molar-refractivity contribution in [3.05, 3.63) is 53.6 Å². The van der Waals surface area contributed by atoms with Gasteiger partial charge >= 0.3 is 12.1 Å². The third-order valence-electron chi connectivity index (χ3n) is 3.40. The van der Waals surface area contributed by atoms with Crippen molar-refractivity contribution in [3.63, 3.8) is 0 Å². The van der Waals surface area contributed by atoms with Crippen molar-refractivity contribution in [1.29, 1.82) is 0 Å². The van der Waals surface area contributed by atoms with Crippen molar-refractivity contribution < 1.29 is 37.0 Å². The SMILES string of the molecule is COc1cc(NC(=O)COC(=O)c2cccc(C(F)(F)F)c2)cc(OC)c1. The Morgan fingerprint density at radius 3 is 2.19 bits per heavy atom. The lowest BCUT2D eigenvalue weighted by molar-refractivity contribution is -0.137. The maximum absolute atomic E-state index is 12.7. The highest BCUT2D eigenvalue weighted by atomic mass is 19.4. The van der Waals surface area contributed by atoms with Crippen LogP contribution in [-0.2, 0) is 15.7 Å². The van der Waals surface area contributed by atoms with E-state index in [1.54, 1.807) is 6.07 Å². The number of ether oxygens (including phenoxy) is 3. The highest BCUT2D eigenvalue weighted by Crippen LogP contribution is 2.29. The van der Waals surface area contributed by atoms with E-state index in [0.717, 1.165) is 12.1 Å². The number of anilines is 1. The second-order valence-corrected chi connectivity index (χ2v) is 5.30. The molecular formula is C18H16F3NO5. The summed E-state index contributed by atoms with van der Waals surface area (Å²) in [6.07, 6.45) is -4.58. The van der Waals surface area contributed by atoms with E-state index in [2.05, 4.69) is 5.32 Å². The first kappa shape index (κ1) is 20.1. The van der Waals surface area contributed by atoms with Crippen LogP contribution in [0.1, 0.15) is 15.9 Å². The molecule has 0 aromatic heterocycles. The lowest BCUT2D eigenvalue weighted by atomic mass is 10.1. The Balaban J connectivity index is 1.99. The molecule has 144 valence electrons. The second-order valence-electron chi connectivity index (χ2n) is 5.30. The summed E-state index contributed by atoms with van der Waals surface area (Å²) in [4.78, 5) is 23.8. The van der Waals surface area contributed by atoms with Crippen molar-refractivity contribution >= 4 is 17.6 Å². The largest absolute Gasteiger partial charge is 0.497 e.